The number of phenolic OH excluding ortho intramolecular Hbond substituents is 1. The molecule has 2 N–H and O–H groups in total. The van der Waals surface area contributed by atoms with Gasteiger partial charge in [-0.3, -0.25) is 4.90 Å². The molecule has 1 aliphatic carbocycles. The van der Waals surface area contributed by atoms with Crippen LogP contribution < -0.4 is 5.32 Å². The van der Waals surface area contributed by atoms with Gasteiger partial charge in [-0.25, -0.2) is 4.39 Å². The predicted molar refractivity (Wildman–Crippen MR) is 96.7 cm³/mol. The number of piperazine rings is 1. The molecule has 9 heteroatoms. The first-order valence-corrected chi connectivity index (χ1v) is 8.43. The van der Waals surface area contributed by atoms with Gasteiger partial charge in [0, 0.05) is 37.8 Å². The molecule has 2 aliphatic rings. The largest absolute Gasteiger partial charge is 0.505 e. The minimum absolute atomic E-state index is 0. The fraction of sp³-hybridized carbons (Fsp3) is 0.647. The minimum atomic E-state index is -4.62. The molecule has 1 heterocycles. The second-order valence-corrected chi connectivity index (χ2v) is 6.63. The molecule has 1 aromatic carbocycles. The molecule has 1 atom stereocenters. The van der Waals surface area contributed by atoms with Crippen molar-refractivity contribution in [2.45, 2.75) is 37.9 Å². The van der Waals surface area contributed by atoms with E-state index in [4.69, 9.17) is 0 Å². The van der Waals surface area contributed by atoms with Gasteiger partial charge in [-0.2, -0.15) is 13.2 Å². The lowest BCUT2D eigenvalue weighted by atomic mass is 9.86. The van der Waals surface area contributed by atoms with Gasteiger partial charge in [-0.1, -0.05) is 12.8 Å². The second kappa shape index (κ2) is 9.44. The molecule has 26 heavy (non-hydrogen) atoms. The number of nitrogens with zero attached hydrogens (tertiary/aromatic N) is 1. The number of alkyl halides is 3. The Labute approximate surface area is 163 Å². The van der Waals surface area contributed by atoms with Crippen LogP contribution in [0.1, 0.15) is 42.9 Å². The number of halogens is 6. The summed E-state index contributed by atoms with van der Waals surface area (Å²) >= 11 is 0. The molecule has 0 amide bonds. The fourth-order valence-electron chi connectivity index (χ4n) is 4.08. The van der Waals surface area contributed by atoms with Gasteiger partial charge in [0.2, 0.25) is 0 Å². The zero-order valence-electron chi connectivity index (χ0n) is 14.2. The average Bonchev–Trinajstić information content (AvgIpc) is 3.06. The van der Waals surface area contributed by atoms with E-state index in [0.29, 0.717) is 32.2 Å². The van der Waals surface area contributed by atoms with Crippen molar-refractivity contribution in [3.05, 3.63) is 29.1 Å². The van der Waals surface area contributed by atoms with Crippen LogP contribution in [0.25, 0.3) is 0 Å². The van der Waals surface area contributed by atoms with E-state index in [1.807, 2.05) is 4.90 Å². The van der Waals surface area contributed by atoms with Crippen LogP contribution in [0.3, 0.4) is 0 Å². The Bertz CT molecular complexity index is 589. The maximum absolute atomic E-state index is 13.9. The average molecular weight is 419 g/mol. The van der Waals surface area contributed by atoms with Gasteiger partial charge in [0.15, 0.2) is 11.6 Å². The predicted octanol–water partition coefficient (Wildman–Crippen LogP) is 4.53. The van der Waals surface area contributed by atoms with Crippen LogP contribution in [0.15, 0.2) is 12.1 Å². The van der Waals surface area contributed by atoms with E-state index in [1.165, 1.54) is 0 Å². The van der Waals surface area contributed by atoms with Crippen LogP contribution in [-0.2, 0) is 6.18 Å². The van der Waals surface area contributed by atoms with E-state index in [2.05, 4.69) is 5.32 Å². The molecule has 3 rings (SSSR count). The number of nitrogens with one attached hydrogen (secondary N) is 1. The first kappa shape index (κ1) is 23.3. The van der Waals surface area contributed by atoms with E-state index >= 15 is 0 Å². The van der Waals surface area contributed by atoms with Crippen LogP contribution in [0.5, 0.6) is 5.75 Å². The Kier molecular flexibility index (Phi) is 8.45. The summed E-state index contributed by atoms with van der Waals surface area (Å²) in [6.45, 7) is 2.55. The third-order valence-corrected chi connectivity index (χ3v) is 5.16. The fourth-order valence-corrected chi connectivity index (χ4v) is 4.08. The monoisotopic (exact) mass is 418 g/mol. The van der Waals surface area contributed by atoms with Crippen LogP contribution in [0, 0.1) is 11.7 Å². The molecule has 1 aliphatic heterocycles. The van der Waals surface area contributed by atoms with Crippen LogP contribution >= 0.6 is 24.8 Å². The molecule has 0 spiro atoms. The maximum atomic E-state index is 13.9. The lowest BCUT2D eigenvalue weighted by molar-refractivity contribution is -0.139. The lowest BCUT2D eigenvalue weighted by Crippen LogP contribution is -2.47. The van der Waals surface area contributed by atoms with Gasteiger partial charge in [-0.15, -0.1) is 24.8 Å². The molecule has 0 unspecified atom stereocenters. The zero-order valence-corrected chi connectivity index (χ0v) is 15.8. The van der Waals surface area contributed by atoms with Gasteiger partial charge < -0.3 is 10.4 Å². The third-order valence-electron chi connectivity index (χ3n) is 5.16. The summed E-state index contributed by atoms with van der Waals surface area (Å²) in [5, 5.41) is 13.4. The number of hydrogen-bond donors (Lipinski definition) is 2. The van der Waals surface area contributed by atoms with Crippen LogP contribution in [-0.4, -0.2) is 36.2 Å². The molecule has 1 saturated carbocycles. The highest BCUT2D eigenvalue weighted by Gasteiger charge is 2.42. The Morgan fingerprint density at radius 1 is 1.08 bits per heavy atom. The van der Waals surface area contributed by atoms with E-state index < -0.39 is 29.3 Å². The van der Waals surface area contributed by atoms with Gasteiger partial charge in [0.1, 0.15) is 0 Å². The summed E-state index contributed by atoms with van der Waals surface area (Å²) in [5.41, 5.74) is -1.20. The molecule has 0 radical (unpaired) electrons. The highest BCUT2D eigenvalue weighted by atomic mass is 35.5. The molecule has 2 fully saturated rings. The molecule has 0 bridgehead atoms. The third kappa shape index (κ3) is 4.74. The van der Waals surface area contributed by atoms with Crippen LogP contribution in [0.4, 0.5) is 17.6 Å². The highest BCUT2D eigenvalue weighted by Crippen LogP contribution is 2.48. The normalized spacial score (nSPS) is 20.3. The molecule has 1 aromatic rings. The van der Waals surface area contributed by atoms with Crippen molar-refractivity contribution in [3.8, 4) is 5.75 Å². The Morgan fingerprint density at radius 3 is 2.19 bits per heavy atom. The lowest BCUT2D eigenvalue weighted by Gasteiger charge is -2.39. The van der Waals surface area contributed by atoms with Gasteiger partial charge in [0.25, 0.3) is 0 Å². The van der Waals surface area contributed by atoms with Crippen LogP contribution in [0.2, 0.25) is 0 Å². The van der Waals surface area contributed by atoms with E-state index in [0.717, 1.165) is 31.7 Å². The number of phenols is 1. The number of hydrogen-bond acceptors (Lipinski definition) is 3. The topological polar surface area (TPSA) is 35.5 Å². The van der Waals surface area contributed by atoms with Crippen molar-refractivity contribution in [3.63, 3.8) is 0 Å². The van der Waals surface area contributed by atoms with E-state index in [1.54, 1.807) is 0 Å². The molecule has 150 valence electrons. The van der Waals surface area contributed by atoms with Gasteiger partial charge in [-0.05, 0) is 30.9 Å². The van der Waals surface area contributed by atoms with E-state index in [-0.39, 0.29) is 36.3 Å². The van der Waals surface area contributed by atoms with Crippen molar-refractivity contribution in [1.82, 2.24) is 10.2 Å². The molecular weight excluding hydrogens is 395 g/mol. The Hall–Kier alpha value is -0.760. The molecular formula is C17H24Cl2F4N2O. The van der Waals surface area contributed by atoms with Crippen molar-refractivity contribution in [2.75, 3.05) is 26.2 Å². The quantitative estimate of drug-likeness (QED) is 0.707. The molecule has 0 aromatic heterocycles. The molecule has 1 saturated heterocycles. The highest BCUT2D eigenvalue weighted by molar-refractivity contribution is 5.85. The Balaban J connectivity index is 0.00000169. The summed E-state index contributed by atoms with van der Waals surface area (Å²) in [7, 11) is 0. The smallest absolute Gasteiger partial charge is 0.416 e. The first-order valence-electron chi connectivity index (χ1n) is 8.43. The number of benzene rings is 1. The van der Waals surface area contributed by atoms with Crippen molar-refractivity contribution < 1.29 is 22.7 Å². The summed E-state index contributed by atoms with van der Waals surface area (Å²) in [6.07, 6.45) is -1.08. The second-order valence-electron chi connectivity index (χ2n) is 6.63. The maximum Gasteiger partial charge on any atom is 0.416 e. The zero-order chi connectivity index (χ0) is 17.3. The van der Waals surface area contributed by atoms with Gasteiger partial charge in [0.05, 0.1) is 5.56 Å². The summed E-state index contributed by atoms with van der Waals surface area (Å²) < 4.78 is 54.4. The molecule has 3 nitrogen and oxygen atoms in total. The summed E-state index contributed by atoms with van der Waals surface area (Å²) in [6, 6.07) is 0.863. The van der Waals surface area contributed by atoms with Crippen molar-refractivity contribution in [2.24, 2.45) is 5.92 Å². The van der Waals surface area contributed by atoms with E-state index in [9.17, 15) is 22.7 Å². The van der Waals surface area contributed by atoms with Crippen molar-refractivity contribution in [1.29, 1.82) is 0 Å². The summed E-state index contributed by atoms with van der Waals surface area (Å²) in [5.74, 6) is -1.83. The first-order chi connectivity index (χ1) is 11.4. The SMILES string of the molecule is Cl.Cl.Oc1c(F)ccc(C(F)(F)F)c1[C@@H](C1CCCC1)N1CCNCC1. The number of aromatic hydroxyl groups is 1. The van der Waals surface area contributed by atoms with Gasteiger partial charge >= 0.3 is 6.18 Å². The number of rotatable bonds is 3. The minimum Gasteiger partial charge on any atom is -0.505 e. The summed E-state index contributed by atoms with van der Waals surface area (Å²) in [4.78, 5) is 1.97. The van der Waals surface area contributed by atoms with Crippen molar-refractivity contribution >= 4 is 24.8 Å². The standard InChI is InChI=1S/C17H22F4N2O.2ClH/c18-13-6-5-12(17(19,20)21)14(16(13)24)15(11-3-1-2-4-11)23-9-7-22-8-10-23;;/h5-6,11,15,22,24H,1-4,7-10H2;2*1H/t15-;;/m1../s1. The Morgan fingerprint density at radius 2 is 1.65 bits per heavy atom.